The van der Waals surface area contributed by atoms with Crippen LogP contribution in [0, 0.1) is 5.82 Å². The van der Waals surface area contributed by atoms with Gasteiger partial charge in [0.15, 0.2) is 0 Å². The number of carbonyl (C=O) groups is 1. The fraction of sp³-hybridized carbons (Fsp3) is 0.304. The second kappa shape index (κ2) is 10.3. The third-order valence-corrected chi connectivity index (χ3v) is 5.99. The van der Waals surface area contributed by atoms with Crippen LogP contribution in [0.2, 0.25) is 0 Å². The summed E-state index contributed by atoms with van der Waals surface area (Å²) in [4.78, 5) is 14.7. The van der Waals surface area contributed by atoms with Crippen LogP contribution >= 0.6 is 15.9 Å². The Morgan fingerprint density at radius 1 is 1.18 bits per heavy atom. The average Bonchev–Trinajstić information content (AvgIpc) is 3.10. The van der Waals surface area contributed by atoms with E-state index in [-0.39, 0.29) is 5.82 Å². The molecule has 2 N–H and O–H groups in total. The fourth-order valence-corrected chi connectivity index (χ4v) is 4.16. The molecule has 8 nitrogen and oxygen atoms in total. The van der Waals surface area contributed by atoms with Gasteiger partial charge in [-0.1, -0.05) is 0 Å². The number of nitrogens with one attached hydrogen (secondary N) is 2. The number of carbonyl (C=O) groups excluding carboxylic acids is 1. The van der Waals surface area contributed by atoms with Crippen LogP contribution in [-0.2, 0) is 11.8 Å². The summed E-state index contributed by atoms with van der Waals surface area (Å²) < 4.78 is 27.1. The Balaban J connectivity index is 1.47. The second-order valence-electron chi connectivity index (χ2n) is 7.73. The number of likely N-dealkylation sites (tertiary alicyclic amines) is 1. The molecule has 10 heteroatoms. The molecule has 174 valence electrons. The molecule has 1 aliphatic heterocycles. The maximum absolute atomic E-state index is 13.1. The minimum absolute atomic E-state index is 0.303. The highest BCUT2D eigenvalue weighted by molar-refractivity contribution is 9.10. The normalized spacial score (nSPS) is 14.1. The molecule has 0 radical (unpaired) electrons. The molecular formula is C23H25BrFN5O3. The van der Waals surface area contributed by atoms with Crippen molar-refractivity contribution in [3.05, 3.63) is 59.0 Å². The van der Waals surface area contributed by atoms with E-state index in [0.29, 0.717) is 29.8 Å². The predicted octanol–water partition coefficient (Wildman–Crippen LogP) is 4.34. The third-order valence-electron chi connectivity index (χ3n) is 5.41. The zero-order valence-corrected chi connectivity index (χ0v) is 19.9. The van der Waals surface area contributed by atoms with E-state index in [2.05, 4.69) is 36.6 Å². The maximum atomic E-state index is 13.1. The number of amides is 2. The van der Waals surface area contributed by atoms with Crippen molar-refractivity contribution >= 4 is 33.3 Å². The van der Waals surface area contributed by atoms with Crippen molar-refractivity contribution < 1.29 is 18.7 Å². The molecule has 1 fully saturated rings. The number of hydrogen-bond donors (Lipinski definition) is 2. The zero-order valence-electron chi connectivity index (χ0n) is 18.3. The van der Waals surface area contributed by atoms with Gasteiger partial charge in [-0.2, -0.15) is 5.10 Å². The number of anilines is 2. The van der Waals surface area contributed by atoms with E-state index < -0.39 is 6.03 Å². The van der Waals surface area contributed by atoms with Gasteiger partial charge in [0.25, 0.3) is 0 Å². The number of aromatic nitrogens is 2. The maximum Gasteiger partial charge on any atom is 0.323 e. The Kier molecular flexibility index (Phi) is 7.26. The van der Waals surface area contributed by atoms with E-state index in [1.165, 1.54) is 24.3 Å². The lowest BCUT2D eigenvalue weighted by Gasteiger charge is -2.37. The smallest absolute Gasteiger partial charge is 0.323 e. The molecule has 1 saturated heterocycles. The van der Waals surface area contributed by atoms with Crippen LogP contribution in [0.15, 0.2) is 53.1 Å². The van der Waals surface area contributed by atoms with Gasteiger partial charge in [0.1, 0.15) is 18.2 Å². The average molecular weight is 518 g/mol. The Morgan fingerprint density at radius 3 is 2.55 bits per heavy atom. The van der Waals surface area contributed by atoms with Crippen molar-refractivity contribution in [3.8, 4) is 17.0 Å². The van der Waals surface area contributed by atoms with E-state index in [1.54, 1.807) is 24.1 Å². The largest absolute Gasteiger partial charge is 0.492 e. The van der Waals surface area contributed by atoms with Gasteiger partial charge in [0.2, 0.25) is 0 Å². The molecule has 1 aromatic heterocycles. The van der Waals surface area contributed by atoms with E-state index in [0.717, 1.165) is 35.4 Å². The molecule has 3 aromatic rings. The molecular weight excluding hydrogens is 493 g/mol. The van der Waals surface area contributed by atoms with Crippen LogP contribution in [0.1, 0.15) is 0 Å². The van der Waals surface area contributed by atoms with Crippen molar-refractivity contribution in [3.63, 3.8) is 0 Å². The van der Waals surface area contributed by atoms with E-state index >= 15 is 0 Å². The lowest BCUT2D eigenvalue weighted by Crippen LogP contribution is -2.52. The Bertz CT molecular complexity index is 1100. The number of methoxy groups -OCH3 is 1. The first kappa shape index (κ1) is 23.2. The molecule has 2 amide bonds. The van der Waals surface area contributed by atoms with Gasteiger partial charge >= 0.3 is 6.03 Å². The monoisotopic (exact) mass is 517 g/mol. The highest BCUT2D eigenvalue weighted by Gasteiger charge is 2.26. The second-order valence-corrected chi connectivity index (χ2v) is 8.58. The van der Waals surface area contributed by atoms with Crippen LogP contribution in [0.25, 0.3) is 11.3 Å². The molecule has 0 saturated carbocycles. The summed E-state index contributed by atoms with van der Waals surface area (Å²) in [7, 11) is 3.57. The van der Waals surface area contributed by atoms with Crippen LogP contribution < -0.4 is 15.4 Å². The Hall–Kier alpha value is -2.95. The minimum atomic E-state index is -0.434. The number of rotatable bonds is 8. The summed E-state index contributed by atoms with van der Waals surface area (Å²) >= 11 is 3.55. The summed E-state index contributed by atoms with van der Waals surface area (Å²) in [5.41, 5.74) is 2.69. The van der Waals surface area contributed by atoms with Gasteiger partial charge in [-0.3, -0.25) is 9.58 Å². The molecule has 2 aromatic carbocycles. The molecule has 0 bridgehead atoms. The van der Waals surface area contributed by atoms with Gasteiger partial charge in [0.05, 0.1) is 22.5 Å². The number of ether oxygens (including phenoxy) is 2. The first-order valence-electron chi connectivity index (χ1n) is 10.5. The van der Waals surface area contributed by atoms with Gasteiger partial charge in [0, 0.05) is 50.7 Å². The van der Waals surface area contributed by atoms with Crippen molar-refractivity contribution in [1.82, 2.24) is 14.7 Å². The van der Waals surface area contributed by atoms with E-state index in [4.69, 9.17) is 9.47 Å². The van der Waals surface area contributed by atoms with Crippen molar-refractivity contribution in [2.45, 2.75) is 6.10 Å². The number of benzene rings is 2. The first-order valence-corrected chi connectivity index (χ1v) is 11.3. The van der Waals surface area contributed by atoms with Crippen LogP contribution in [0.4, 0.5) is 20.6 Å². The van der Waals surface area contributed by atoms with Crippen molar-refractivity contribution in [2.24, 2.45) is 7.05 Å². The van der Waals surface area contributed by atoms with Gasteiger partial charge < -0.3 is 20.1 Å². The number of urea groups is 1. The van der Waals surface area contributed by atoms with Gasteiger partial charge in [-0.15, -0.1) is 0 Å². The topological polar surface area (TPSA) is 80.7 Å². The molecule has 4 rings (SSSR count). The summed E-state index contributed by atoms with van der Waals surface area (Å²) in [6, 6.07) is 10.6. The molecule has 0 atom stereocenters. The predicted molar refractivity (Wildman–Crippen MR) is 128 cm³/mol. The number of halogens is 2. The Labute approximate surface area is 199 Å². The lowest BCUT2D eigenvalue weighted by atomic mass is 10.1. The van der Waals surface area contributed by atoms with Crippen LogP contribution in [0.3, 0.4) is 0 Å². The molecule has 0 unspecified atom stereocenters. The highest BCUT2D eigenvalue weighted by atomic mass is 79.9. The highest BCUT2D eigenvalue weighted by Crippen LogP contribution is 2.36. The standard InChI is InChI=1S/C23H25BrFN5O3/c1-29-22(20(24)12-26-29)19-11-17(28-23(31)27-16-5-3-15(25)4-6-16)7-8-21(19)33-10-9-30-13-18(14-30)32-2/h3-8,11-12,18H,9-10,13-14H2,1-2H3,(H2,27,28,31). The summed E-state index contributed by atoms with van der Waals surface area (Å²) in [5.74, 6) is 0.322. The fourth-order valence-electron chi connectivity index (χ4n) is 3.60. The quantitative estimate of drug-likeness (QED) is 0.464. The molecule has 0 spiro atoms. The first-order chi connectivity index (χ1) is 15.9. The van der Waals surface area contributed by atoms with E-state index in [1.807, 2.05) is 19.2 Å². The van der Waals surface area contributed by atoms with Crippen LogP contribution in [-0.4, -0.2) is 60.2 Å². The van der Waals surface area contributed by atoms with Gasteiger partial charge in [-0.05, 0) is 58.4 Å². The third kappa shape index (κ3) is 5.70. The zero-order chi connectivity index (χ0) is 23.4. The molecule has 0 aliphatic carbocycles. The summed E-state index contributed by atoms with van der Waals surface area (Å²) in [5, 5.41) is 9.80. The SMILES string of the molecule is COC1CN(CCOc2ccc(NC(=O)Nc3ccc(F)cc3)cc2-c2c(Br)cnn2C)C1. The van der Waals surface area contributed by atoms with Crippen molar-refractivity contribution in [1.29, 1.82) is 0 Å². The van der Waals surface area contributed by atoms with Gasteiger partial charge in [-0.25, -0.2) is 9.18 Å². The van der Waals surface area contributed by atoms with Crippen LogP contribution in [0.5, 0.6) is 5.75 Å². The Morgan fingerprint density at radius 2 is 1.88 bits per heavy atom. The number of aryl methyl sites for hydroxylation is 1. The molecule has 2 heterocycles. The number of nitrogens with zero attached hydrogens (tertiary/aromatic N) is 3. The molecule has 1 aliphatic rings. The van der Waals surface area contributed by atoms with Crippen molar-refractivity contribution in [2.75, 3.05) is 44.0 Å². The lowest BCUT2D eigenvalue weighted by molar-refractivity contribution is -0.0333. The summed E-state index contributed by atoms with van der Waals surface area (Å²) in [6.45, 7) is 3.14. The molecule has 33 heavy (non-hydrogen) atoms. The van der Waals surface area contributed by atoms with E-state index in [9.17, 15) is 9.18 Å². The minimum Gasteiger partial charge on any atom is -0.492 e. The number of hydrogen-bond acceptors (Lipinski definition) is 5. The summed E-state index contributed by atoms with van der Waals surface area (Å²) in [6.07, 6.45) is 2.02.